The molecule has 6 nitrogen and oxygen atoms in total. The van der Waals surface area contributed by atoms with Gasteiger partial charge in [-0.1, -0.05) is 0 Å². The van der Waals surface area contributed by atoms with Gasteiger partial charge in [0.1, 0.15) is 17.3 Å². The van der Waals surface area contributed by atoms with Crippen LogP contribution in [0, 0.1) is 34.6 Å². The van der Waals surface area contributed by atoms with Crippen LogP contribution in [0.4, 0.5) is 23.2 Å². The normalized spacial score (nSPS) is 11.1. The summed E-state index contributed by atoms with van der Waals surface area (Å²) in [7, 11) is -5.15. The van der Waals surface area contributed by atoms with Crippen molar-refractivity contribution in [2.45, 2.75) is 0 Å². The summed E-state index contributed by atoms with van der Waals surface area (Å²) in [6.45, 7) is 0. The van der Waals surface area contributed by atoms with Crippen molar-refractivity contribution in [1.29, 1.82) is 5.26 Å². The van der Waals surface area contributed by atoms with Gasteiger partial charge in [0.2, 0.25) is 0 Å². The fourth-order valence-corrected chi connectivity index (χ4v) is 1.10. The van der Waals surface area contributed by atoms with Crippen molar-refractivity contribution >= 4 is 16.1 Å². The first-order valence-corrected chi connectivity index (χ1v) is 5.23. The van der Waals surface area contributed by atoms with Crippen LogP contribution in [0.2, 0.25) is 0 Å². The van der Waals surface area contributed by atoms with Gasteiger partial charge >= 0.3 is 10.4 Å². The second-order valence-corrected chi connectivity index (χ2v) is 3.75. The quantitative estimate of drug-likeness (QED) is 0.375. The number of rotatable bonds is 3. The molecule has 0 atom stereocenters. The Morgan fingerprint density at radius 2 is 1.56 bits per heavy atom. The fourth-order valence-electron chi connectivity index (χ4n) is 0.914. The van der Waals surface area contributed by atoms with Crippen molar-refractivity contribution in [2.24, 2.45) is 0 Å². The predicted molar refractivity (Wildman–Crippen MR) is 47.2 cm³/mol. The lowest BCUT2D eigenvalue weighted by molar-refractivity contribution is 0.314. The molecule has 1 aromatic carbocycles. The Balaban J connectivity index is 3.35. The average molecular weight is 286 g/mol. The summed E-state index contributed by atoms with van der Waals surface area (Å²) in [5.74, 6) is -8.26. The summed E-state index contributed by atoms with van der Waals surface area (Å²) >= 11 is 0. The van der Waals surface area contributed by atoms with Gasteiger partial charge in [0.15, 0.2) is 23.3 Å². The van der Waals surface area contributed by atoms with Crippen LogP contribution in [0.3, 0.4) is 0 Å². The van der Waals surface area contributed by atoms with Gasteiger partial charge in [0.05, 0.1) is 0 Å². The number of hydrogen-bond donors (Lipinski definition) is 2. The molecule has 1 aromatic rings. The van der Waals surface area contributed by atoms with Gasteiger partial charge in [-0.2, -0.15) is 13.7 Å². The van der Waals surface area contributed by atoms with Crippen molar-refractivity contribution in [3.8, 4) is 6.07 Å². The Morgan fingerprint density at radius 3 is 1.89 bits per heavy atom. The highest BCUT2D eigenvalue weighted by molar-refractivity contribution is 7.80. The molecule has 0 aliphatic carbocycles. The zero-order valence-corrected chi connectivity index (χ0v) is 8.86. The zero-order valence-electron chi connectivity index (χ0n) is 8.04. The molecule has 0 spiro atoms. The Morgan fingerprint density at radius 1 is 1.11 bits per heavy atom. The van der Waals surface area contributed by atoms with Crippen LogP contribution in [0.25, 0.3) is 0 Å². The van der Waals surface area contributed by atoms with Gasteiger partial charge in [-0.3, -0.25) is 4.55 Å². The molecule has 0 fully saturated rings. The smallest absolute Gasteiger partial charge is 0.262 e. The Hall–Kier alpha value is -1.90. The van der Waals surface area contributed by atoms with E-state index in [1.807, 2.05) is 0 Å². The molecule has 18 heavy (non-hydrogen) atoms. The number of anilines is 1. The Bertz CT molecular complexity index is 611. The average Bonchev–Trinajstić information content (AvgIpc) is 2.26. The monoisotopic (exact) mass is 286 g/mol. The number of benzene rings is 1. The highest BCUT2D eigenvalue weighted by Gasteiger charge is 2.26. The minimum atomic E-state index is -5.15. The molecule has 0 bridgehead atoms. The molecule has 0 saturated carbocycles. The largest absolute Gasteiger partial charge is 0.418 e. The summed E-state index contributed by atoms with van der Waals surface area (Å²) < 4.78 is 83.9. The maximum Gasteiger partial charge on any atom is 0.418 e. The molecule has 0 radical (unpaired) electrons. The third-order valence-corrected chi connectivity index (χ3v) is 1.92. The van der Waals surface area contributed by atoms with Gasteiger partial charge in [0, 0.05) is 0 Å². The van der Waals surface area contributed by atoms with E-state index in [0.29, 0.717) is 0 Å². The van der Waals surface area contributed by atoms with E-state index in [1.54, 1.807) is 0 Å². The molecule has 0 heterocycles. The van der Waals surface area contributed by atoms with Gasteiger partial charge in [-0.25, -0.2) is 23.0 Å². The molecule has 11 heteroatoms. The molecule has 0 aromatic heterocycles. The summed E-state index contributed by atoms with van der Waals surface area (Å²) in [5.41, 5.74) is -2.20. The van der Waals surface area contributed by atoms with E-state index in [1.165, 1.54) is 0 Å². The van der Waals surface area contributed by atoms with Gasteiger partial charge < -0.3 is 0 Å². The third kappa shape index (κ3) is 2.67. The summed E-state index contributed by atoms with van der Waals surface area (Å²) in [6, 6.07) is 0.879. The van der Waals surface area contributed by atoms with Crippen molar-refractivity contribution in [3.63, 3.8) is 0 Å². The number of nitrogens with zero attached hydrogens (tertiary/aromatic N) is 1. The molecule has 0 aliphatic rings. The van der Waals surface area contributed by atoms with Crippen molar-refractivity contribution in [2.75, 3.05) is 5.48 Å². The third-order valence-electron chi connectivity index (χ3n) is 1.62. The van der Waals surface area contributed by atoms with Crippen LogP contribution < -0.4 is 5.48 Å². The second kappa shape index (κ2) is 4.77. The van der Waals surface area contributed by atoms with E-state index in [4.69, 9.17) is 9.81 Å². The SMILES string of the molecule is N#Cc1c(F)c(F)c(NOS(=O)(=O)O)c(F)c1F. The van der Waals surface area contributed by atoms with E-state index in [0.717, 1.165) is 11.5 Å². The first-order valence-electron chi connectivity index (χ1n) is 3.87. The summed E-state index contributed by atoms with van der Waals surface area (Å²) in [5, 5.41) is 8.25. The first-order chi connectivity index (χ1) is 8.19. The summed E-state index contributed by atoms with van der Waals surface area (Å²) in [4.78, 5) is 0. The minimum Gasteiger partial charge on any atom is -0.262 e. The van der Waals surface area contributed by atoms with Crippen LogP contribution in [-0.2, 0) is 14.7 Å². The number of halogens is 4. The van der Waals surface area contributed by atoms with Crippen LogP contribution in [0.15, 0.2) is 0 Å². The van der Waals surface area contributed by atoms with Gasteiger partial charge in [-0.15, -0.1) is 4.28 Å². The van der Waals surface area contributed by atoms with Crippen LogP contribution in [0.5, 0.6) is 0 Å². The number of hydrogen-bond acceptors (Lipinski definition) is 5. The van der Waals surface area contributed by atoms with Gasteiger partial charge in [-0.05, 0) is 0 Å². The van der Waals surface area contributed by atoms with Gasteiger partial charge in [0.25, 0.3) is 0 Å². The maximum atomic E-state index is 13.1. The van der Waals surface area contributed by atoms with E-state index >= 15 is 0 Å². The maximum absolute atomic E-state index is 13.1. The molecule has 98 valence electrons. The Kier molecular flexibility index (Phi) is 3.75. The Labute approximate surface area is 97.3 Å². The number of nitrogens with one attached hydrogen (secondary N) is 1. The van der Waals surface area contributed by atoms with Crippen molar-refractivity contribution < 1.29 is 34.8 Å². The summed E-state index contributed by atoms with van der Waals surface area (Å²) in [6.07, 6.45) is 0. The molecule has 1 rings (SSSR count). The van der Waals surface area contributed by atoms with Crippen LogP contribution >= 0.6 is 0 Å². The topological polar surface area (TPSA) is 99.4 Å². The van der Waals surface area contributed by atoms with Crippen molar-refractivity contribution in [3.05, 3.63) is 28.8 Å². The highest BCUT2D eigenvalue weighted by atomic mass is 32.3. The molecule has 2 N–H and O–H groups in total. The lowest BCUT2D eigenvalue weighted by Gasteiger charge is -2.08. The molecular weight excluding hydrogens is 284 g/mol. The molecular formula is C7H2F4N2O4S. The van der Waals surface area contributed by atoms with E-state index in [-0.39, 0.29) is 0 Å². The molecule has 0 aliphatic heterocycles. The standard InChI is InChI=1S/C7H2F4N2O4S/c8-3-2(1-12)4(9)6(11)7(5(3)10)13-17-18(14,15)16/h13H,(H,14,15,16). The van der Waals surface area contributed by atoms with E-state index in [9.17, 15) is 26.0 Å². The minimum absolute atomic E-state index is 0.879. The van der Waals surface area contributed by atoms with Crippen LogP contribution in [0.1, 0.15) is 5.56 Å². The van der Waals surface area contributed by atoms with E-state index < -0.39 is 44.9 Å². The first kappa shape index (κ1) is 14.2. The second-order valence-electron chi connectivity index (χ2n) is 2.73. The molecule has 0 unspecified atom stereocenters. The molecule has 0 saturated heterocycles. The predicted octanol–water partition coefficient (Wildman–Crippen LogP) is 1.26. The molecule has 0 amide bonds. The number of nitriles is 1. The van der Waals surface area contributed by atoms with E-state index in [2.05, 4.69) is 4.28 Å². The lowest BCUT2D eigenvalue weighted by Crippen LogP contribution is -2.14. The lowest BCUT2D eigenvalue weighted by atomic mass is 10.1. The highest BCUT2D eigenvalue weighted by Crippen LogP contribution is 2.27. The van der Waals surface area contributed by atoms with Crippen LogP contribution in [-0.4, -0.2) is 13.0 Å². The van der Waals surface area contributed by atoms with Crippen molar-refractivity contribution in [1.82, 2.24) is 0 Å². The fraction of sp³-hybridized carbons (Fsp3) is 0. The zero-order chi connectivity index (χ0) is 14.1.